The van der Waals surface area contributed by atoms with Gasteiger partial charge in [-0.3, -0.25) is 0 Å². The Morgan fingerprint density at radius 1 is 0.871 bits per heavy atom. The number of rotatable bonds is 4. The molecule has 9 heteroatoms. The average molecular weight is 462 g/mol. The summed E-state index contributed by atoms with van der Waals surface area (Å²) < 4.78 is 106. The van der Waals surface area contributed by atoms with E-state index < -0.39 is 37.9 Å². The third-order valence-corrected chi connectivity index (χ3v) is 8.61. The molecule has 2 aromatic rings. The molecule has 1 fully saturated rings. The lowest BCUT2D eigenvalue weighted by molar-refractivity contribution is -0.297. The van der Waals surface area contributed by atoms with E-state index in [1.165, 1.54) is 12.1 Å². The molecule has 1 atom stereocenters. The quantitative estimate of drug-likeness (QED) is 0.385. The molecule has 0 aromatic heterocycles. The summed E-state index contributed by atoms with van der Waals surface area (Å²) in [4.78, 5) is 0.0317. The minimum absolute atomic E-state index is 0.0317. The van der Waals surface area contributed by atoms with Crippen molar-refractivity contribution >= 4 is 9.84 Å². The fraction of sp³-hybridized carbons (Fsp3) is 0.364. The van der Waals surface area contributed by atoms with Crippen molar-refractivity contribution in [2.75, 3.05) is 0 Å². The molecule has 0 heterocycles. The van der Waals surface area contributed by atoms with Gasteiger partial charge in [-0.25, -0.2) is 8.42 Å². The fourth-order valence-corrected chi connectivity index (χ4v) is 6.19. The maximum Gasteiger partial charge on any atom is 0.406 e. The van der Waals surface area contributed by atoms with Crippen LogP contribution >= 0.6 is 0 Å². The van der Waals surface area contributed by atoms with E-state index in [0.29, 0.717) is 12.0 Å². The van der Waals surface area contributed by atoms with Gasteiger partial charge >= 0.3 is 12.4 Å². The number of hydrogen-bond acceptors (Lipinski definition) is 2. The van der Waals surface area contributed by atoms with Crippen molar-refractivity contribution in [1.29, 1.82) is 0 Å². The number of hydrogen-bond donors (Lipinski definition) is 0. The van der Waals surface area contributed by atoms with Gasteiger partial charge in [-0.15, -0.1) is 0 Å². The van der Waals surface area contributed by atoms with Crippen LogP contribution in [0.15, 0.2) is 71.6 Å². The molecule has 0 N–H and O–H groups in total. The first-order valence-corrected chi connectivity index (χ1v) is 10.9. The van der Waals surface area contributed by atoms with Crippen LogP contribution in [0.1, 0.15) is 37.3 Å². The number of alkyl halides is 6. The second kappa shape index (κ2) is 7.39. The highest BCUT2D eigenvalue weighted by Crippen LogP contribution is 2.53. The number of halogens is 6. The molecule has 1 unspecified atom stereocenters. The van der Waals surface area contributed by atoms with Gasteiger partial charge < -0.3 is 0 Å². The maximum atomic E-state index is 13.5. The second-order valence-corrected chi connectivity index (χ2v) is 10.2. The average Bonchev–Trinajstić information content (AvgIpc) is 3.10. The van der Waals surface area contributed by atoms with Crippen LogP contribution in [-0.2, 0) is 20.0 Å². The molecule has 31 heavy (non-hydrogen) atoms. The summed E-state index contributed by atoms with van der Waals surface area (Å²) in [5, 5.41) is 0. The van der Waals surface area contributed by atoms with Crippen LogP contribution in [0.25, 0.3) is 0 Å². The molecule has 0 spiro atoms. The Kier molecular flexibility index (Phi) is 5.57. The van der Waals surface area contributed by atoms with E-state index in [2.05, 4.69) is 6.58 Å². The van der Waals surface area contributed by atoms with Crippen LogP contribution in [-0.4, -0.2) is 20.8 Å². The SMILES string of the molecule is C=C1CCC(c2ccc(C(C)(C(F)(F)F)C(F)(F)F)cc2)(S(=O)(=O)c2ccccc2)C1. The first kappa shape index (κ1) is 23.4. The maximum absolute atomic E-state index is 13.5. The smallest absolute Gasteiger partial charge is 0.223 e. The lowest BCUT2D eigenvalue weighted by Crippen LogP contribution is -2.51. The highest BCUT2D eigenvalue weighted by molar-refractivity contribution is 7.92. The minimum Gasteiger partial charge on any atom is -0.223 e. The van der Waals surface area contributed by atoms with Crippen LogP contribution in [0.3, 0.4) is 0 Å². The minimum atomic E-state index is -5.58. The van der Waals surface area contributed by atoms with E-state index in [1.54, 1.807) is 18.2 Å². The molecule has 0 bridgehead atoms. The highest BCUT2D eigenvalue weighted by atomic mass is 32.2. The predicted octanol–water partition coefficient (Wildman–Crippen LogP) is 6.48. The first-order valence-electron chi connectivity index (χ1n) is 9.38. The molecular weight excluding hydrogens is 442 g/mol. The molecule has 2 aromatic carbocycles. The van der Waals surface area contributed by atoms with E-state index in [-0.39, 0.29) is 30.2 Å². The van der Waals surface area contributed by atoms with E-state index in [4.69, 9.17) is 0 Å². The van der Waals surface area contributed by atoms with E-state index in [1.807, 2.05) is 0 Å². The van der Waals surface area contributed by atoms with Crippen LogP contribution in [0.2, 0.25) is 0 Å². The Morgan fingerprint density at radius 2 is 1.39 bits per heavy atom. The summed E-state index contributed by atoms with van der Waals surface area (Å²) in [7, 11) is -4.00. The Labute approximate surface area is 176 Å². The lowest BCUT2D eigenvalue weighted by atomic mass is 9.80. The van der Waals surface area contributed by atoms with Crippen molar-refractivity contribution in [2.24, 2.45) is 0 Å². The summed E-state index contributed by atoms with van der Waals surface area (Å²) in [5.74, 6) is 0. The van der Waals surface area contributed by atoms with Gasteiger partial charge in [0.15, 0.2) is 15.3 Å². The molecule has 0 amide bonds. The van der Waals surface area contributed by atoms with E-state index in [9.17, 15) is 34.8 Å². The van der Waals surface area contributed by atoms with Crippen molar-refractivity contribution < 1.29 is 34.8 Å². The molecule has 0 saturated heterocycles. The molecule has 0 aliphatic heterocycles. The second-order valence-electron chi connectivity index (χ2n) is 7.94. The van der Waals surface area contributed by atoms with Crippen molar-refractivity contribution in [1.82, 2.24) is 0 Å². The van der Waals surface area contributed by atoms with E-state index >= 15 is 0 Å². The van der Waals surface area contributed by atoms with Crippen molar-refractivity contribution in [2.45, 2.75) is 53.6 Å². The Hall–Kier alpha value is -2.29. The van der Waals surface area contributed by atoms with Gasteiger partial charge in [0, 0.05) is 0 Å². The van der Waals surface area contributed by atoms with Crippen molar-refractivity contribution in [3.8, 4) is 0 Å². The number of benzene rings is 2. The predicted molar refractivity (Wildman–Crippen MR) is 104 cm³/mol. The summed E-state index contributed by atoms with van der Waals surface area (Å²) in [5.41, 5.74) is -4.28. The molecule has 168 valence electrons. The summed E-state index contributed by atoms with van der Waals surface area (Å²) in [6.07, 6.45) is -10.6. The zero-order valence-corrected chi connectivity index (χ0v) is 17.3. The summed E-state index contributed by atoms with van der Waals surface area (Å²) in [6.45, 7) is 3.92. The molecule has 0 radical (unpaired) electrons. The lowest BCUT2D eigenvalue weighted by Gasteiger charge is -2.35. The monoisotopic (exact) mass is 462 g/mol. The third kappa shape index (κ3) is 3.56. The molecule has 1 aliphatic carbocycles. The third-order valence-electron chi connectivity index (χ3n) is 6.11. The molecule has 3 rings (SSSR count). The molecular formula is C22H20F6O2S. The molecule has 1 saturated carbocycles. The van der Waals surface area contributed by atoms with Gasteiger partial charge in [0.25, 0.3) is 0 Å². The van der Waals surface area contributed by atoms with Crippen molar-refractivity contribution in [3.63, 3.8) is 0 Å². The van der Waals surface area contributed by atoms with Crippen LogP contribution in [0.4, 0.5) is 26.3 Å². The van der Waals surface area contributed by atoms with E-state index in [0.717, 1.165) is 24.3 Å². The van der Waals surface area contributed by atoms with Gasteiger partial charge in [-0.1, -0.05) is 54.6 Å². The van der Waals surface area contributed by atoms with Crippen molar-refractivity contribution in [3.05, 3.63) is 77.9 Å². The van der Waals surface area contributed by atoms with Gasteiger partial charge in [-0.2, -0.15) is 26.3 Å². The van der Waals surface area contributed by atoms with Crippen LogP contribution in [0.5, 0.6) is 0 Å². The zero-order valence-electron chi connectivity index (χ0n) is 16.5. The van der Waals surface area contributed by atoms with Gasteiger partial charge in [-0.05, 0) is 49.4 Å². The van der Waals surface area contributed by atoms with Gasteiger partial charge in [0.05, 0.1) is 4.90 Å². The largest absolute Gasteiger partial charge is 0.406 e. The number of allylic oxidation sites excluding steroid dienone is 1. The van der Waals surface area contributed by atoms with Gasteiger partial charge in [0.2, 0.25) is 0 Å². The molecule has 1 aliphatic rings. The normalized spacial score (nSPS) is 20.8. The number of sulfone groups is 1. The topological polar surface area (TPSA) is 34.1 Å². The van der Waals surface area contributed by atoms with Crippen LogP contribution in [0, 0.1) is 0 Å². The summed E-state index contributed by atoms with van der Waals surface area (Å²) in [6, 6.07) is 11.1. The fourth-order valence-electron chi connectivity index (χ4n) is 4.01. The zero-order chi connectivity index (χ0) is 23.3. The molecule has 2 nitrogen and oxygen atoms in total. The Balaban J connectivity index is 2.16. The first-order chi connectivity index (χ1) is 14.2. The van der Waals surface area contributed by atoms with Crippen LogP contribution < -0.4 is 0 Å². The summed E-state index contributed by atoms with van der Waals surface area (Å²) >= 11 is 0. The Morgan fingerprint density at radius 3 is 1.81 bits per heavy atom. The van der Waals surface area contributed by atoms with Gasteiger partial charge in [0.1, 0.15) is 4.75 Å². The Bertz CT molecular complexity index is 1060. The standard InChI is InChI=1S/C22H20F6O2S/c1-15-12-13-20(14-15,31(29,30)18-6-4-3-5-7-18)17-10-8-16(9-11-17)19(2,21(23,24)25)22(26,27)28/h3-11H,1,12-14H2,2H3. The highest BCUT2D eigenvalue weighted by Gasteiger charge is 2.68.